The molecule has 1 atom stereocenters. The minimum Gasteiger partial charge on any atom is -0.332 e. The molecule has 0 aromatic carbocycles. The molecule has 1 aliphatic rings. The maximum atomic E-state index is 13.1. The Hall–Kier alpha value is -2.21. The lowest BCUT2D eigenvalue weighted by Gasteiger charge is -2.31. The highest BCUT2D eigenvalue weighted by Crippen LogP contribution is 2.17. The topological polar surface area (TPSA) is 63.1 Å². The molecule has 2 aromatic heterocycles. The van der Waals surface area contributed by atoms with Gasteiger partial charge in [0.15, 0.2) is 0 Å². The van der Waals surface area contributed by atoms with Crippen molar-refractivity contribution in [2.75, 3.05) is 13.1 Å². The first-order valence-corrected chi connectivity index (χ1v) is 9.04. The van der Waals surface area contributed by atoms with Gasteiger partial charge >= 0.3 is 0 Å². The highest BCUT2D eigenvalue weighted by Gasteiger charge is 2.25. The third kappa shape index (κ3) is 4.66. The minimum absolute atomic E-state index is 0.115. The fourth-order valence-electron chi connectivity index (χ4n) is 3.45. The second kappa shape index (κ2) is 8.25. The van der Waals surface area contributed by atoms with Gasteiger partial charge in [-0.25, -0.2) is 0 Å². The van der Waals surface area contributed by atoms with Crippen LogP contribution in [-0.4, -0.2) is 44.7 Å². The van der Waals surface area contributed by atoms with Crippen LogP contribution in [-0.2, 0) is 17.9 Å². The monoisotopic (exact) mass is 341 g/mol. The largest absolute Gasteiger partial charge is 0.332 e. The molecular formula is C19H27N5O. The number of nitrogens with zero attached hydrogens (tertiary/aromatic N) is 4. The molecule has 25 heavy (non-hydrogen) atoms. The molecule has 1 amide bonds. The smallest absolute Gasteiger partial charge is 0.244 e. The number of nitrogens with one attached hydrogen (secondary N) is 1. The number of carbonyl (C=O) groups is 1. The van der Waals surface area contributed by atoms with Gasteiger partial charge in [0.25, 0.3) is 0 Å². The Morgan fingerprint density at radius 3 is 2.92 bits per heavy atom. The predicted octanol–water partition coefficient (Wildman–Crippen LogP) is 2.07. The summed E-state index contributed by atoms with van der Waals surface area (Å²) in [5.74, 6) is 0.115. The van der Waals surface area contributed by atoms with E-state index in [1.807, 2.05) is 43.0 Å². The van der Waals surface area contributed by atoms with Crippen LogP contribution in [0, 0.1) is 13.8 Å². The van der Waals surface area contributed by atoms with Gasteiger partial charge < -0.3 is 10.2 Å². The zero-order valence-electron chi connectivity index (χ0n) is 15.1. The lowest BCUT2D eigenvalue weighted by Crippen LogP contribution is -2.42. The van der Waals surface area contributed by atoms with Crippen LogP contribution < -0.4 is 5.32 Å². The maximum Gasteiger partial charge on any atom is 0.244 e. The van der Waals surface area contributed by atoms with Crippen molar-refractivity contribution in [3.8, 4) is 0 Å². The van der Waals surface area contributed by atoms with Crippen molar-refractivity contribution in [3.05, 3.63) is 47.5 Å². The summed E-state index contributed by atoms with van der Waals surface area (Å²) < 4.78 is 1.80. The molecule has 1 aliphatic heterocycles. The summed E-state index contributed by atoms with van der Waals surface area (Å²) in [6.45, 7) is 6.78. The predicted molar refractivity (Wildman–Crippen MR) is 97.0 cm³/mol. The lowest BCUT2D eigenvalue weighted by atomic mass is 10.1. The van der Waals surface area contributed by atoms with Crippen LogP contribution in [0.5, 0.6) is 0 Å². The highest BCUT2D eigenvalue weighted by atomic mass is 16.2. The standard InChI is InChI=1S/C19H27N5O/c1-15-12-16(2)24(22-15)14-19(25)23(13-17-6-3-4-10-21-17)18-7-5-9-20-11-8-18/h3-4,6,10,12,18,20H,5,7-9,11,13-14H2,1-2H3/t18-/m0/s1. The molecule has 6 heteroatoms. The van der Waals surface area contributed by atoms with Crippen LogP contribution in [0.3, 0.4) is 0 Å². The lowest BCUT2D eigenvalue weighted by molar-refractivity contribution is -0.135. The molecule has 0 saturated carbocycles. The number of amides is 1. The summed E-state index contributed by atoms with van der Waals surface area (Å²) in [6.07, 6.45) is 4.89. The highest BCUT2D eigenvalue weighted by molar-refractivity contribution is 5.76. The number of carbonyl (C=O) groups excluding carboxylic acids is 1. The molecule has 1 N–H and O–H groups in total. The second-order valence-electron chi connectivity index (χ2n) is 6.76. The normalized spacial score (nSPS) is 17.9. The molecule has 0 radical (unpaired) electrons. The van der Waals surface area contributed by atoms with Crippen LogP contribution in [0.25, 0.3) is 0 Å². The summed E-state index contributed by atoms with van der Waals surface area (Å²) in [4.78, 5) is 19.5. The SMILES string of the molecule is Cc1cc(C)n(CC(=O)N(Cc2ccccn2)[C@H]2CCCNCC2)n1. The molecule has 0 aliphatic carbocycles. The first-order chi connectivity index (χ1) is 12.1. The van der Waals surface area contributed by atoms with Crippen LogP contribution in [0.4, 0.5) is 0 Å². The van der Waals surface area contributed by atoms with Gasteiger partial charge in [-0.2, -0.15) is 5.10 Å². The summed E-state index contributed by atoms with van der Waals surface area (Å²) in [7, 11) is 0. The molecule has 1 saturated heterocycles. The second-order valence-corrected chi connectivity index (χ2v) is 6.76. The van der Waals surface area contributed by atoms with Crippen molar-refractivity contribution in [2.45, 2.75) is 52.2 Å². The Morgan fingerprint density at radius 1 is 1.32 bits per heavy atom. The van der Waals surface area contributed by atoms with E-state index in [0.29, 0.717) is 6.54 Å². The van der Waals surface area contributed by atoms with Crippen molar-refractivity contribution in [1.29, 1.82) is 0 Å². The number of hydrogen-bond acceptors (Lipinski definition) is 4. The molecule has 134 valence electrons. The summed E-state index contributed by atoms with van der Waals surface area (Å²) in [5.41, 5.74) is 2.90. The molecule has 0 bridgehead atoms. The van der Waals surface area contributed by atoms with Gasteiger partial charge in [0.2, 0.25) is 5.91 Å². The fourth-order valence-corrected chi connectivity index (χ4v) is 3.45. The van der Waals surface area contributed by atoms with E-state index < -0.39 is 0 Å². The van der Waals surface area contributed by atoms with E-state index in [0.717, 1.165) is 49.4 Å². The third-order valence-electron chi connectivity index (χ3n) is 4.75. The average molecular weight is 341 g/mol. The van der Waals surface area contributed by atoms with Gasteiger partial charge in [-0.05, 0) is 64.4 Å². The Labute approximate surface area is 149 Å². The molecule has 2 aromatic rings. The first kappa shape index (κ1) is 17.6. The van der Waals surface area contributed by atoms with Gasteiger partial charge in [-0.1, -0.05) is 6.07 Å². The van der Waals surface area contributed by atoms with Crippen molar-refractivity contribution < 1.29 is 4.79 Å². The Bertz CT molecular complexity index is 689. The molecule has 6 nitrogen and oxygen atoms in total. The van der Waals surface area contributed by atoms with Crippen molar-refractivity contribution >= 4 is 5.91 Å². The van der Waals surface area contributed by atoms with E-state index in [2.05, 4.69) is 15.4 Å². The van der Waals surface area contributed by atoms with Gasteiger partial charge in [0, 0.05) is 17.9 Å². The summed E-state index contributed by atoms with van der Waals surface area (Å²) in [6, 6.07) is 8.12. The quantitative estimate of drug-likeness (QED) is 0.904. The summed E-state index contributed by atoms with van der Waals surface area (Å²) in [5, 5.41) is 7.87. The van der Waals surface area contributed by atoms with Gasteiger partial charge in [-0.3, -0.25) is 14.5 Å². The van der Waals surface area contributed by atoms with Crippen LogP contribution in [0.15, 0.2) is 30.5 Å². The zero-order valence-corrected chi connectivity index (χ0v) is 15.1. The summed E-state index contributed by atoms with van der Waals surface area (Å²) >= 11 is 0. The van der Waals surface area contributed by atoms with E-state index in [-0.39, 0.29) is 18.5 Å². The van der Waals surface area contributed by atoms with Crippen molar-refractivity contribution in [2.24, 2.45) is 0 Å². The van der Waals surface area contributed by atoms with E-state index >= 15 is 0 Å². The molecule has 0 spiro atoms. The van der Waals surface area contributed by atoms with Crippen molar-refractivity contribution in [1.82, 2.24) is 25.0 Å². The molecular weight excluding hydrogens is 314 g/mol. The first-order valence-electron chi connectivity index (χ1n) is 9.04. The fraction of sp³-hybridized carbons (Fsp3) is 0.526. The Morgan fingerprint density at radius 2 is 2.20 bits per heavy atom. The number of aryl methyl sites for hydroxylation is 2. The molecule has 1 fully saturated rings. The van der Waals surface area contributed by atoms with Gasteiger partial charge in [-0.15, -0.1) is 0 Å². The van der Waals surface area contributed by atoms with Crippen LogP contribution in [0.1, 0.15) is 36.3 Å². The van der Waals surface area contributed by atoms with E-state index in [1.54, 1.807) is 10.9 Å². The van der Waals surface area contributed by atoms with Crippen LogP contribution >= 0.6 is 0 Å². The van der Waals surface area contributed by atoms with E-state index in [9.17, 15) is 4.79 Å². The third-order valence-corrected chi connectivity index (χ3v) is 4.75. The van der Waals surface area contributed by atoms with Crippen LogP contribution in [0.2, 0.25) is 0 Å². The van der Waals surface area contributed by atoms with Gasteiger partial charge in [0.05, 0.1) is 17.9 Å². The van der Waals surface area contributed by atoms with E-state index in [4.69, 9.17) is 0 Å². The van der Waals surface area contributed by atoms with Crippen molar-refractivity contribution in [3.63, 3.8) is 0 Å². The Kier molecular flexibility index (Phi) is 5.81. The number of pyridine rings is 1. The number of rotatable bonds is 5. The Balaban J connectivity index is 1.78. The molecule has 0 unspecified atom stereocenters. The number of aromatic nitrogens is 3. The van der Waals surface area contributed by atoms with E-state index in [1.165, 1.54) is 0 Å². The average Bonchev–Trinajstić information content (AvgIpc) is 2.81. The molecule has 3 heterocycles. The minimum atomic E-state index is 0.115. The van der Waals surface area contributed by atoms with Gasteiger partial charge in [0.1, 0.15) is 6.54 Å². The number of hydrogen-bond donors (Lipinski definition) is 1. The zero-order chi connectivity index (χ0) is 17.6. The molecule has 3 rings (SSSR count). The maximum absolute atomic E-state index is 13.1.